The molecule has 0 aliphatic heterocycles. The summed E-state index contributed by atoms with van der Waals surface area (Å²) < 4.78 is 2.03. The SMILES string of the molecule is SCCCc1nc(CCCS)n(Cc2ccc(-c3cccc(-c4nnn[nH]4)c3)cc2)n1. The second kappa shape index (κ2) is 10.6. The van der Waals surface area contributed by atoms with E-state index in [1.165, 1.54) is 5.56 Å². The molecule has 0 spiro atoms. The molecule has 2 aromatic carbocycles. The maximum Gasteiger partial charge on any atom is 0.179 e. The Morgan fingerprint density at radius 2 is 1.65 bits per heavy atom. The predicted molar refractivity (Wildman–Crippen MR) is 129 cm³/mol. The molecular formula is C22H25N7S2. The first-order valence-corrected chi connectivity index (χ1v) is 11.6. The topological polar surface area (TPSA) is 85.2 Å². The monoisotopic (exact) mass is 451 g/mol. The lowest BCUT2D eigenvalue weighted by molar-refractivity contribution is 0.624. The van der Waals surface area contributed by atoms with Crippen LogP contribution in [0.2, 0.25) is 0 Å². The maximum atomic E-state index is 4.75. The fourth-order valence-electron chi connectivity index (χ4n) is 3.42. The minimum atomic E-state index is 0.659. The van der Waals surface area contributed by atoms with E-state index in [0.717, 1.165) is 65.5 Å². The number of thiol groups is 2. The standard InChI is InChI=1S/C22H25N7S2/c30-12-2-6-20-23-21(7-3-13-31)29(26-20)15-16-8-10-17(11-9-16)18-4-1-5-19(14-18)22-24-27-28-25-22/h1,4-5,8-11,14,30-31H,2-3,6-7,12-13,15H2,(H,24,25,27,28). The van der Waals surface area contributed by atoms with Crippen molar-refractivity contribution < 1.29 is 0 Å². The molecule has 31 heavy (non-hydrogen) atoms. The second-order valence-corrected chi connectivity index (χ2v) is 8.18. The highest BCUT2D eigenvalue weighted by atomic mass is 32.1. The van der Waals surface area contributed by atoms with Crippen LogP contribution in [-0.2, 0) is 19.4 Å². The Kier molecular flexibility index (Phi) is 7.37. The van der Waals surface area contributed by atoms with Gasteiger partial charge in [0.2, 0.25) is 0 Å². The van der Waals surface area contributed by atoms with Gasteiger partial charge in [-0.05, 0) is 57.5 Å². The lowest BCUT2D eigenvalue weighted by atomic mass is 10.0. The van der Waals surface area contributed by atoms with Crippen molar-refractivity contribution in [1.29, 1.82) is 0 Å². The molecule has 0 amide bonds. The molecule has 160 valence electrons. The number of aromatic nitrogens is 7. The van der Waals surface area contributed by atoms with Gasteiger partial charge in [0.15, 0.2) is 11.6 Å². The highest BCUT2D eigenvalue weighted by Gasteiger charge is 2.11. The summed E-state index contributed by atoms with van der Waals surface area (Å²) in [4.78, 5) is 4.75. The summed E-state index contributed by atoms with van der Waals surface area (Å²) in [6, 6.07) is 16.7. The molecule has 9 heteroatoms. The van der Waals surface area contributed by atoms with Crippen molar-refractivity contribution in [2.45, 2.75) is 32.2 Å². The maximum absolute atomic E-state index is 4.75. The van der Waals surface area contributed by atoms with Gasteiger partial charge >= 0.3 is 0 Å². The van der Waals surface area contributed by atoms with Crippen LogP contribution < -0.4 is 0 Å². The van der Waals surface area contributed by atoms with Crippen molar-refractivity contribution >= 4 is 25.3 Å². The third kappa shape index (κ3) is 5.54. The number of nitrogens with one attached hydrogen (secondary N) is 1. The number of tetrazole rings is 1. The fourth-order valence-corrected chi connectivity index (χ4v) is 3.74. The van der Waals surface area contributed by atoms with Crippen molar-refractivity contribution in [3.63, 3.8) is 0 Å². The normalized spacial score (nSPS) is 11.2. The van der Waals surface area contributed by atoms with Gasteiger partial charge in [-0.15, -0.1) is 5.10 Å². The van der Waals surface area contributed by atoms with Crippen molar-refractivity contribution in [3.8, 4) is 22.5 Å². The van der Waals surface area contributed by atoms with E-state index in [9.17, 15) is 0 Å². The number of aromatic amines is 1. The molecular weight excluding hydrogens is 426 g/mol. The van der Waals surface area contributed by atoms with Crippen LogP contribution in [0.25, 0.3) is 22.5 Å². The molecule has 4 aromatic rings. The third-order valence-corrected chi connectivity index (χ3v) is 5.64. The zero-order valence-corrected chi connectivity index (χ0v) is 18.9. The molecule has 0 saturated heterocycles. The molecule has 0 unspecified atom stereocenters. The predicted octanol–water partition coefficient (Wildman–Crippen LogP) is 3.90. The van der Waals surface area contributed by atoms with Gasteiger partial charge in [0.25, 0.3) is 0 Å². The number of hydrogen-bond donors (Lipinski definition) is 3. The van der Waals surface area contributed by atoms with Crippen LogP contribution in [0, 0.1) is 0 Å². The van der Waals surface area contributed by atoms with Gasteiger partial charge in [-0.3, -0.25) is 0 Å². The van der Waals surface area contributed by atoms with Gasteiger partial charge < -0.3 is 0 Å². The first kappa shape index (κ1) is 21.6. The van der Waals surface area contributed by atoms with Crippen molar-refractivity contribution in [2.24, 2.45) is 0 Å². The fraction of sp³-hybridized carbons (Fsp3) is 0.318. The van der Waals surface area contributed by atoms with E-state index in [-0.39, 0.29) is 0 Å². The number of aryl methyl sites for hydroxylation is 2. The molecule has 7 nitrogen and oxygen atoms in total. The molecule has 0 fully saturated rings. The summed E-state index contributed by atoms with van der Waals surface area (Å²) in [6.45, 7) is 0.708. The molecule has 0 bridgehead atoms. The number of nitrogens with zero attached hydrogens (tertiary/aromatic N) is 6. The summed E-state index contributed by atoms with van der Waals surface area (Å²) in [5.74, 6) is 4.28. The number of H-pyrrole nitrogens is 1. The van der Waals surface area contributed by atoms with E-state index < -0.39 is 0 Å². The van der Waals surface area contributed by atoms with Crippen molar-refractivity contribution in [3.05, 3.63) is 65.7 Å². The summed E-state index contributed by atoms with van der Waals surface area (Å²) in [7, 11) is 0. The molecule has 2 aromatic heterocycles. The molecule has 0 saturated carbocycles. The largest absolute Gasteiger partial charge is 0.245 e. The van der Waals surface area contributed by atoms with Gasteiger partial charge in [-0.25, -0.2) is 14.8 Å². The Hall–Kier alpha value is -2.65. The highest BCUT2D eigenvalue weighted by molar-refractivity contribution is 7.80. The van der Waals surface area contributed by atoms with Crippen molar-refractivity contribution in [2.75, 3.05) is 11.5 Å². The first-order chi connectivity index (χ1) is 15.3. The van der Waals surface area contributed by atoms with E-state index in [1.807, 2.05) is 16.8 Å². The van der Waals surface area contributed by atoms with Gasteiger partial charge in [-0.2, -0.15) is 30.4 Å². The summed E-state index contributed by atoms with van der Waals surface area (Å²) >= 11 is 8.64. The Morgan fingerprint density at radius 1 is 0.871 bits per heavy atom. The van der Waals surface area contributed by atoms with Gasteiger partial charge in [0, 0.05) is 18.4 Å². The molecule has 4 rings (SSSR count). The van der Waals surface area contributed by atoms with E-state index in [0.29, 0.717) is 12.4 Å². The summed E-state index contributed by atoms with van der Waals surface area (Å²) in [5, 5.41) is 18.8. The number of hydrogen-bond acceptors (Lipinski definition) is 7. The Balaban J connectivity index is 1.51. The van der Waals surface area contributed by atoms with E-state index in [4.69, 9.17) is 10.1 Å². The Labute approximate surface area is 192 Å². The highest BCUT2D eigenvalue weighted by Crippen LogP contribution is 2.24. The Morgan fingerprint density at radius 3 is 2.39 bits per heavy atom. The molecule has 0 aliphatic rings. The number of benzene rings is 2. The van der Waals surface area contributed by atoms with Crippen LogP contribution in [0.1, 0.15) is 30.1 Å². The zero-order valence-electron chi connectivity index (χ0n) is 17.1. The average molecular weight is 452 g/mol. The molecule has 0 atom stereocenters. The van der Waals surface area contributed by atoms with Crippen LogP contribution in [0.15, 0.2) is 48.5 Å². The quantitative estimate of drug-likeness (QED) is 0.319. The summed E-state index contributed by atoms with van der Waals surface area (Å²) in [6.07, 6.45) is 3.72. The molecule has 0 radical (unpaired) electrons. The van der Waals surface area contributed by atoms with Gasteiger partial charge in [0.1, 0.15) is 5.82 Å². The summed E-state index contributed by atoms with van der Waals surface area (Å²) in [5.41, 5.74) is 4.40. The molecule has 2 heterocycles. The van der Waals surface area contributed by atoms with Crippen LogP contribution in [0.4, 0.5) is 0 Å². The molecule has 0 aliphatic carbocycles. The van der Waals surface area contributed by atoms with Crippen molar-refractivity contribution in [1.82, 2.24) is 35.4 Å². The van der Waals surface area contributed by atoms with Gasteiger partial charge in [-0.1, -0.05) is 42.5 Å². The van der Waals surface area contributed by atoms with Crippen LogP contribution in [0.3, 0.4) is 0 Å². The zero-order chi connectivity index (χ0) is 21.5. The van der Waals surface area contributed by atoms with E-state index in [2.05, 4.69) is 82.3 Å². The van der Waals surface area contributed by atoms with Crippen LogP contribution in [-0.4, -0.2) is 46.9 Å². The first-order valence-electron chi connectivity index (χ1n) is 10.3. The lowest BCUT2D eigenvalue weighted by Gasteiger charge is -2.08. The van der Waals surface area contributed by atoms with Gasteiger partial charge in [0.05, 0.1) is 6.54 Å². The lowest BCUT2D eigenvalue weighted by Crippen LogP contribution is -2.07. The average Bonchev–Trinajstić information content (AvgIpc) is 3.47. The minimum Gasteiger partial charge on any atom is -0.245 e. The smallest absolute Gasteiger partial charge is 0.179 e. The Bertz CT molecular complexity index is 1090. The minimum absolute atomic E-state index is 0.659. The second-order valence-electron chi connectivity index (χ2n) is 7.28. The van der Waals surface area contributed by atoms with Crippen LogP contribution >= 0.6 is 25.3 Å². The van der Waals surface area contributed by atoms with E-state index in [1.54, 1.807) is 0 Å². The van der Waals surface area contributed by atoms with E-state index >= 15 is 0 Å². The number of rotatable bonds is 10. The van der Waals surface area contributed by atoms with Crippen LogP contribution in [0.5, 0.6) is 0 Å². The third-order valence-electron chi connectivity index (χ3n) is 5.01. The molecule has 1 N–H and O–H groups in total.